The number of nitrogens with one attached hydrogen (secondary N) is 1. The van der Waals surface area contributed by atoms with Crippen LogP contribution in [0, 0.1) is 0 Å². The Balaban J connectivity index is 2.55. The van der Waals surface area contributed by atoms with Crippen molar-refractivity contribution in [2.24, 2.45) is 0 Å². The molecule has 0 aromatic heterocycles. The van der Waals surface area contributed by atoms with Crippen LogP contribution in [0.3, 0.4) is 0 Å². The van der Waals surface area contributed by atoms with Crippen LogP contribution in [0.2, 0.25) is 0 Å². The van der Waals surface area contributed by atoms with Gasteiger partial charge < -0.3 is 15.0 Å². The highest BCUT2D eigenvalue weighted by molar-refractivity contribution is 7.90. The average molecular weight is 292 g/mol. The molecule has 7 heteroatoms. The monoisotopic (exact) mass is 292 g/mol. The van der Waals surface area contributed by atoms with Gasteiger partial charge in [-0.1, -0.05) is 0 Å². The van der Waals surface area contributed by atoms with Crippen molar-refractivity contribution >= 4 is 15.7 Å². The molecule has 0 radical (unpaired) electrons. The number of ether oxygens (including phenoxy) is 1. The van der Waals surface area contributed by atoms with Crippen molar-refractivity contribution in [1.29, 1.82) is 0 Å². The maximum absolute atomic E-state index is 12.2. The molecule has 1 aliphatic heterocycles. The van der Waals surface area contributed by atoms with Crippen LogP contribution in [-0.4, -0.2) is 69.6 Å². The molecule has 0 aromatic rings. The van der Waals surface area contributed by atoms with Gasteiger partial charge in [-0.3, -0.25) is 4.79 Å². The van der Waals surface area contributed by atoms with Crippen molar-refractivity contribution in [3.63, 3.8) is 0 Å². The van der Waals surface area contributed by atoms with Gasteiger partial charge in [0, 0.05) is 37.8 Å². The number of carbonyl (C=O) groups is 1. The standard InChI is InChI=1S/C12H24N2O4S/c1-4-14(10(2)9-19(3,16)17)12(15)7-11-8-18-6-5-13-11/h10-11,13H,4-9H2,1-3H3. The summed E-state index contributed by atoms with van der Waals surface area (Å²) in [4.78, 5) is 13.8. The van der Waals surface area contributed by atoms with Crippen LogP contribution in [0.25, 0.3) is 0 Å². The molecule has 1 aliphatic rings. The fraction of sp³-hybridized carbons (Fsp3) is 0.917. The Morgan fingerprint density at radius 2 is 2.21 bits per heavy atom. The minimum absolute atomic E-state index is 0.00117. The molecule has 19 heavy (non-hydrogen) atoms. The molecule has 1 heterocycles. The molecule has 2 atom stereocenters. The number of morpholine rings is 1. The molecule has 0 spiro atoms. The second-order valence-electron chi connectivity index (χ2n) is 5.05. The van der Waals surface area contributed by atoms with Crippen molar-refractivity contribution in [2.75, 3.05) is 38.3 Å². The number of hydrogen-bond acceptors (Lipinski definition) is 5. The molecule has 1 fully saturated rings. The van der Waals surface area contributed by atoms with Crippen LogP contribution in [0.15, 0.2) is 0 Å². The lowest BCUT2D eigenvalue weighted by Gasteiger charge is -2.30. The van der Waals surface area contributed by atoms with E-state index in [1.807, 2.05) is 6.92 Å². The fourth-order valence-corrected chi connectivity index (χ4v) is 3.40. The van der Waals surface area contributed by atoms with E-state index in [-0.39, 0.29) is 23.7 Å². The van der Waals surface area contributed by atoms with E-state index in [1.165, 1.54) is 6.26 Å². The summed E-state index contributed by atoms with van der Waals surface area (Å²) in [6, 6.07) is -0.266. The molecule has 0 saturated carbocycles. The second-order valence-corrected chi connectivity index (χ2v) is 7.24. The fourth-order valence-electron chi connectivity index (χ4n) is 2.34. The van der Waals surface area contributed by atoms with Crippen LogP contribution >= 0.6 is 0 Å². The largest absolute Gasteiger partial charge is 0.378 e. The van der Waals surface area contributed by atoms with E-state index in [2.05, 4.69) is 5.32 Å². The molecule has 0 aliphatic carbocycles. The SMILES string of the molecule is CCN(C(=O)CC1COCCN1)C(C)CS(C)(=O)=O. The second kappa shape index (κ2) is 7.21. The minimum Gasteiger partial charge on any atom is -0.378 e. The Morgan fingerprint density at radius 1 is 1.53 bits per heavy atom. The smallest absolute Gasteiger partial charge is 0.224 e. The van der Waals surface area contributed by atoms with Crippen molar-refractivity contribution in [1.82, 2.24) is 10.2 Å². The average Bonchev–Trinajstić information content (AvgIpc) is 2.28. The first kappa shape index (κ1) is 16.4. The molecule has 1 N–H and O–H groups in total. The lowest BCUT2D eigenvalue weighted by Crippen LogP contribution is -2.48. The summed E-state index contributed by atoms with van der Waals surface area (Å²) in [5.41, 5.74) is 0. The Morgan fingerprint density at radius 3 is 2.68 bits per heavy atom. The quantitative estimate of drug-likeness (QED) is 0.724. The van der Waals surface area contributed by atoms with Crippen LogP contribution in [0.4, 0.5) is 0 Å². The highest BCUT2D eigenvalue weighted by atomic mass is 32.2. The number of amides is 1. The first-order chi connectivity index (χ1) is 8.83. The number of sulfone groups is 1. The van der Waals surface area contributed by atoms with Crippen LogP contribution < -0.4 is 5.32 Å². The molecule has 1 amide bonds. The molecule has 0 bridgehead atoms. The van der Waals surface area contributed by atoms with Crippen molar-refractivity contribution in [3.05, 3.63) is 0 Å². The Kier molecular flexibility index (Phi) is 6.22. The van der Waals surface area contributed by atoms with E-state index >= 15 is 0 Å². The summed E-state index contributed by atoms with van der Waals surface area (Å²) in [6.07, 6.45) is 1.54. The Bertz CT molecular complexity index is 391. The summed E-state index contributed by atoms with van der Waals surface area (Å²) >= 11 is 0. The van der Waals surface area contributed by atoms with E-state index in [4.69, 9.17) is 4.74 Å². The summed E-state index contributed by atoms with van der Waals surface area (Å²) in [5.74, 6) is -0.0251. The summed E-state index contributed by atoms with van der Waals surface area (Å²) in [7, 11) is -3.08. The zero-order valence-electron chi connectivity index (χ0n) is 11.9. The predicted octanol–water partition coefficient (Wildman–Crippen LogP) is -0.353. The van der Waals surface area contributed by atoms with Crippen molar-refractivity contribution in [3.8, 4) is 0 Å². The Hall–Kier alpha value is -0.660. The van der Waals surface area contributed by atoms with E-state index in [9.17, 15) is 13.2 Å². The number of hydrogen-bond donors (Lipinski definition) is 1. The van der Waals surface area contributed by atoms with E-state index in [1.54, 1.807) is 11.8 Å². The maximum Gasteiger partial charge on any atom is 0.224 e. The van der Waals surface area contributed by atoms with Gasteiger partial charge in [0.05, 0.1) is 19.0 Å². The number of carbonyl (C=O) groups excluding carboxylic acids is 1. The summed E-state index contributed by atoms with van der Waals surface area (Å²) in [5, 5.41) is 3.23. The third-order valence-corrected chi connectivity index (χ3v) is 4.24. The van der Waals surface area contributed by atoms with E-state index in [0.29, 0.717) is 26.2 Å². The molecule has 1 rings (SSSR count). The lowest BCUT2D eigenvalue weighted by molar-refractivity contribution is -0.133. The number of rotatable bonds is 6. The van der Waals surface area contributed by atoms with Gasteiger partial charge in [0.2, 0.25) is 5.91 Å². The summed E-state index contributed by atoms with van der Waals surface area (Å²) < 4.78 is 27.9. The lowest BCUT2D eigenvalue weighted by atomic mass is 10.1. The molecule has 0 aromatic carbocycles. The van der Waals surface area contributed by atoms with Crippen LogP contribution in [0.5, 0.6) is 0 Å². The first-order valence-corrected chi connectivity index (χ1v) is 8.68. The van der Waals surface area contributed by atoms with Crippen LogP contribution in [0.1, 0.15) is 20.3 Å². The zero-order valence-corrected chi connectivity index (χ0v) is 12.7. The van der Waals surface area contributed by atoms with Crippen molar-refractivity contribution < 1.29 is 17.9 Å². The number of nitrogens with zero attached hydrogens (tertiary/aromatic N) is 1. The van der Waals surface area contributed by atoms with Gasteiger partial charge in [-0.2, -0.15) is 0 Å². The normalized spacial score (nSPS) is 21.9. The van der Waals surface area contributed by atoms with Gasteiger partial charge in [-0.05, 0) is 13.8 Å². The van der Waals surface area contributed by atoms with Gasteiger partial charge in [-0.15, -0.1) is 0 Å². The third kappa shape index (κ3) is 5.88. The molecule has 2 unspecified atom stereocenters. The van der Waals surface area contributed by atoms with Crippen LogP contribution in [-0.2, 0) is 19.4 Å². The van der Waals surface area contributed by atoms with E-state index < -0.39 is 9.84 Å². The minimum atomic E-state index is -3.08. The predicted molar refractivity (Wildman–Crippen MR) is 73.8 cm³/mol. The maximum atomic E-state index is 12.2. The molecular weight excluding hydrogens is 268 g/mol. The molecule has 6 nitrogen and oxygen atoms in total. The van der Waals surface area contributed by atoms with Gasteiger partial charge in [-0.25, -0.2) is 8.42 Å². The first-order valence-electron chi connectivity index (χ1n) is 6.61. The molecular formula is C12H24N2O4S. The van der Waals surface area contributed by atoms with Gasteiger partial charge in [0.1, 0.15) is 9.84 Å². The molecule has 1 saturated heterocycles. The zero-order chi connectivity index (χ0) is 14.5. The third-order valence-electron chi connectivity index (χ3n) is 3.16. The van der Waals surface area contributed by atoms with Gasteiger partial charge in [0.25, 0.3) is 0 Å². The van der Waals surface area contributed by atoms with Crippen molar-refractivity contribution in [2.45, 2.75) is 32.4 Å². The highest BCUT2D eigenvalue weighted by Gasteiger charge is 2.25. The molecule has 112 valence electrons. The van der Waals surface area contributed by atoms with E-state index in [0.717, 1.165) is 6.54 Å². The van der Waals surface area contributed by atoms with Gasteiger partial charge in [0.15, 0.2) is 0 Å². The summed E-state index contributed by atoms with van der Waals surface area (Å²) in [6.45, 7) is 6.11. The topological polar surface area (TPSA) is 75.7 Å². The van der Waals surface area contributed by atoms with Gasteiger partial charge >= 0.3 is 0 Å². The Labute approximate surface area is 115 Å². The highest BCUT2D eigenvalue weighted by Crippen LogP contribution is 2.08.